The zero-order valence-corrected chi connectivity index (χ0v) is 11.7. The predicted octanol–water partition coefficient (Wildman–Crippen LogP) is 2.70. The molecule has 5 nitrogen and oxygen atoms in total. The Balaban J connectivity index is 1.81. The fourth-order valence-electron chi connectivity index (χ4n) is 2.06. The lowest BCUT2D eigenvalue weighted by Crippen LogP contribution is -2.21. The van der Waals surface area contributed by atoms with Crippen molar-refractivity contribution in [2.45, 2.75) is 26.4 Å². The minimum Gasteiger partial charge on any atom is -0.365 e. The van der Waals surface area contributed by atoms with Gasteiger partial charge in [-0.25, -0.2) is 15.0 Å². The molecular weight excluding hydrogens is 258 g/mol. The first kappa shape index (κ1) is 12.1. The second-order valence-corrected chi connectivity index (χ2v) is 5.50. The Kier molecular flexibility index (Phi) is 3.16. The van der Waals surface area contributed by atoms with Gasteiger partial charge in [-0.15, -0.1) is 11.3 Å². The summed E-state index contributed by atoms with van der Waals surface area (Å²) in [5.74, 6) is 0.913. The summed E-state index contributed by atoms with van der Waals surface area (Å²) < 4.78 is 3.17. The van der Waals surface area contributed by atoms with Gasteiger partial charge in [-0.1, -0.05) is 0 Å². The van der Waals surface area contributed by atoms with E-state index in [4.69, 9.17) is 0 Å². The highest BCUT2D eigenvalue weighted by Gasteiger charge is 2.10. The van der Waals surface area contributed by atoms with Crippen molar-refractivity contribution in [2.24, 2.45) is 0 Å². The molecule has 98 valence electrons. The van der Waals surface area contributed by atoms with Crippen LogP contribution in [-0.2, 0) is 6.54 Å². The number of rotatable bonds is 4. The Morgan fingerprint density at radius 2 is 2.32 bits per heavy atom. The Labute approximate surface area is 115 Å². The number of fused-ring (bicyclic) bond motifs is 1. The minimum atomic E-state index is 0.273. The fourth-order valence-corrected chi connectivity index (χ4v) is 3.02. The summed E-state index contributed by atoms with van der Waals surface area (Å²) in [4.78, 5) is 12.7. The van der Waals surface area contributed by atoms with E-state index in [-0.39, 0.29) is 6.04 Å². The van der Waals surface area contributed by atoms with Crippen molar-refractivity contribution in [2.75, 3.05) is 5.32 Å². The summed E-state index contributed by atoms with van der Waals surface area (Å²) in [6.07, 6.45) is 7.19. The smallest absolute Gasteiger partial charge is 0.147 e. The topological polar surface area (TPSA) is 55.6 Å². The molecule has 0 fully saturated rings. The van der Waals surface area contributed by atoms with E-state index in [1.54, 1.807) is 23.9 Å². The quantitative estimate of drug-likeness (QED) is 0.794. The highest BCUT2D eigenvalue weighted by atomic mass is 32.1. The second-order valence-electron chi connectivity index (χ2n) is 4.62. The third-order valence-corrected chi connectivity index (χ3v) is 4.05. The van der Waals surface area contributed by atoms with E-state index in [9.17, 15) is 0 Å². The monoisotopic (exact) mass is 273 g/mol. The Hall–Kier alpha value is -1.95. The van der Waals surface area contributed by atoms with Crippen molar-refractivity contribution >= 4 is 27.4 Å². The standard InChI is InChI=1S/C13H15N5S/c1-9-6-19-12-11(9)15-7-16-13(12)17-10(2)5-18-4-3-14-8-18/h3-4,6-8,10H,5H2,1-2H3,(H,15,16,17). The van der Waals surface area contributed by atoms with Crippen LogP contribution in [0.25, 0.3) is 10.2 Å². The van der Waals surface area contributed by atoms with Crippen molar-refractivity contribution in [1.29, 1.82) is 0 Å². The zero-order chi connectivity index (χ0) is 13.2. The Bertz CT molecular complexity index is 673. The largest absolute Gasteiger partial charge is 0.365 e. The molecule has 0 aliphatic carbocycles. The summed E-state index contributed by atoms with van der Waals surface area (Å²) >= 11 is 1.68. The van der Waals surface area contributed by atoms with Crippen LogP contribution >= 0.6 is 11.3 Å². The molecule has 0 radical (unpaired) electrons. The number of nitrogens with one attached hydrogen (secondary N) is 1. The van der Waals surface area contributed by atoms with E-state index in [1.165, 1.54) is 5.56 Å². The summed E-state index contributed by atoms with van der Waals surface area (Å²) in [6.45, 7) is 5.06. The molecule has 3 aromatic heterocycles. The third kappa shape index (κ3) is 2.44. The molecule has 0 aliphatic rings. The molecule has 0 saturated carbocycles. The lowest BCUT2D eigenvalue weighted by molar-refractivity contribution is 0.617. The Morgan fingerprint density at radius 1 is 1.42 bits per heavy atom. The predicted molar refractivity (Wildman–Crippen MR) is 77.5 cm³/mol. The molecule has 6 heteroatoms. The van der Waals surface area contributed by atoms with Crippen molar-refractivity contribution < 1.29 is 0 Å². The van der Waals surface area contributed by atoms with Crippen LogP contribution in [0.2, 0.25) is 0 Å². The van der Waals surface area contributed by atoms with Crippen molar-refractivity contribution in [3.8, 4) is 0 Å². The van der Waals surface area contributed by atoms with Crippen LogP contribution in [0.4, 0.5) is 5.82 Å². The highest BCUT2D eigenvalue weighted by Crippen LogP contribution is 2.28. The second kappa shape index (κ2) is 4.97. The molecule has 3 heterocycles. The molecule has 3 aromatic rings. The molecule has 19 heavy (non-hydrogen) atoms. The highest BCUT2D eigenvalue weighted by molar-refractivity contribution is 7.18. The summed E-state index contributed by atoms with van der Waals surface area (Å²) in [5, 5.41) is 5.56. The maximum atomic E-state index is 4.35. The van der Waals surface area contributed by atoms with Crippen LogP contribution in [0.3, 0.4) is 0 Å². The molecule has 1 unspecified atom stereocenters. The minimum absolute atomic E-state index is 0.273. The van der Waals surface area contributed by atoms with Crippen LogP contribution in [0, 0.1) is 6.92 Å². The number of thiophene rings is 1. The van der Waals surface area contributed by atoms with E-state index < -0.39 is 0 Å². The van der Waals surface area contributed by atoms with E-state index >= 15 is 0 Å². The van der Waals surface area contributed by atoms with Gasteiger partial charge in [0.1, 0.15) is 12.1 Å². The van der Waals surface area contributed by atoms with Gasteiger partial charge < -0.3 is 9.88 Å². The van der Waals surface area contributed by atoms with E-state index in [0.29, 0.717) is 0 Å². The van der Waals surface area contributed by atoms with Crippen molar-refractivity contribution in [1.82, 2.24) is 19.5 Å². The lowest BCUT2D eigenvalue weighted by Gasteiger charge is -2.15. The van der Waals surface area contributed by atoms with Gasteiger partial charge in [0.15, 0.2) is 0 Å². The van der Waals surface area contributed by atoms with Gasteiger partial charge in [0, 0.05) is 25.0 Å². The summed E-state index contributed by atoms with van der Waals surface area (Å²) in [7, 11) is 0. The molecule has 1 atom stereocenters. The summed E-state index contributed by atoms with van der Waals surface area (Å²) in [5.41, 5.74) is 2.24. The fraction of sp³-hybridized carbons (Fsp3) is 0.308. The third-order valence-electron chi connectivity index (χ3n) is 2.96. The number of hydrogen-bond donors (Lipinski definition) is 1. The van der Waals surface area contributed by atoms with Gasteiger partial charge in [0.2, 0.25) is 0 Å². The van der Waals surface area contributed by atoms with E-state index in [1.807, 2.05) is 12.5 Å². The number of hydrogen-bond acceptors (Lipinski definition) is 5. The maximum absolute atomic E-state index is 4.35. The summed E-state index contributed by atoms with van der Waals surface area (Å²) in [6, 6.07) is 0.273. The van der Waals surface area contributed by atoms with Gasteiger partial charge in [0.25, 0.3) is 0 Å². The molecule has 0 saturated heterocycles. The molecule has 0 spiro atoms. The van der Waals surface area contributed by atoms with Gasteiger partial charge >= 0.3 is 0 Å². The number of anilines is 1. The normalized spacial score (nSPS) is 12.7. The van der Waals surface area contributed by atoms with Gasteiger partial charge in [0.05, 0.1) is 16.5 Å². The van der Waals surface area contributed by atoms with Crippen LogP contribution in [-0.4, -0.2) is 25.6 Å². The van der Waals surface area contributed by atoms with Crippen LogP contribution in [0.1, 0.15) is 12.5 Å². The molecule has 0 aromatic carbocycles. The molecule has 1 N–H and O–H groups in total. The number of nitrogens with zero attached hydrogens (tertiary/aromatic N) is 4. The number of imidazole rings is 1. The van der Waals surface area contributed by atoms with Gasteiger partial charge in [-0.3, -0.25) is 0 Å². The maximum Gasteiger partial charge on any atom is 0.147 e. The zero-order valence-electron chi connectivity index (χ0n) is 10.9. The first-order valence-corrected chi connectivity index (χ1v) is 7.03. The number of aromatic nitrogens is 4. The van der Waals surface area contributed by atoms with Gasteiger partial charge in [-0.05, 0) is 24.8 Å². The van der Waals surface area contributed by atoms with Gasteiger partial charge in [-0.2, -0.15) is 0 Å². The van der Waals surface area contributed by atoms with Crippen molar-refractivity contribution in [3.05, 3.63) is 36.0 Å². The van der Waals surface area contributed by atoms with Crippen LogP contribution < -0.4 is 5.32 Å². The number of aryl methyl sites for hydroxylation is 1. The molecule has 0 bridgehead atoms. The SMILES string of the molecule is Cc1csc2c(NC(C)Cn3ccnc3)ncnc12. The van der Waals surface area contributed by atoms with Crippen LogP contribution in [0.5, 0.6) is 0 Å². The molecule has 0 amide bonds. The van der Waals surface area contributed by atoms with E-state index in [0.717, 1.165) is 22.6 Å². The molecular formula is C13H15N5S. The first-order valence-electron chi connectivity index (χ1n) is 6.15. The average Bonchev–Trinajstić information content (AvgIpc) is 3.01. The first-order chi connectivity index (χ1) is 9.24. The average molecular weight is 273 g/mol. The van der Waals surface area contributed by atoms with E-state index in [2.05, 4.69) is 44.1 Å². The Morgan fingerprint density at radius 3 is 3.11 bits per heavy atom. The van der Waals surface area contributed by atoms with Crippen LogP contribution in [0.15, 0.2) is 30.4 Å². The lowest BCUT2D eigenvalue weighted by atomic mass is 10.3. The molecule has 0 aliphatic heterocycles. The van der Waals surface area contributed by atoms with Crippen molar-refractivity contribution in [3.63, 3.8) is 0 Å². The molecule has 3 rings (SSSR count).